The van der Waals surface area contributed by atoms with Crippen LogP contribution in [-0.4, -0.2) is 37.2 Å². The number of rotatable bonds is 45. The van der Waals surface area contributed by atoms with E-state index in [4.69, 9.17) is 14.2 Å². The van der Waals surface area contributed by atoms with E-state index in [0.717, 1.165) is 83.5 Å². The molecule has 0 spiro atoms. The average Bonchev–Trinajstić information content (AvgIpc) is 3.23. The van der Waals surface area contributed by atoms with Gasteiger partial charge < -0.3 is 14.2 Å². The summed E-state index contributed by atoms with van der Waals surface area (Å²) >= 11 is 0. The van der Waals surface area contributed by atoms with Gasteiger partial charge in [0.2, 0.25) is 0 Å². The fourth-order valence-corrected chi connectivity index (χ4v) is 7.04. The second kappa shape index (κ2) is 48.0. The van der Waals surface area contributed by atoms with Crippen molar-refractivity contribution in [2.45, 2.75) is 258 Å². The van der Waals surface area contributed by atoms with Crippen LogP contribution in [0.4, 0.5) is 0 Å². The van der Waals surface area contributed by atoms with E-state index in [-0.39, 0.29) is 31.1 Å². The lowest BCUT2D eigenvalue weighted by Crippen LogP contribution is -2.30. The number of hydrogen-bond acceptors (Lipinski definition) is 6. The molecule has 1 unspecified atom stereocenters. The Morgan fingerprint density at radius 1 is 0.356 bits per heavy atom. The topological polar surface area (TPSA) is 78.9 Å². The van der Waals surface area contributed by atoms with Crippen molar-refractivity contribution in [1.82, 2.24) is 0 Å². The second-order valence-corrected chi connectivity index (χ2v) is 16.7. The van der Waals surface area contributed by atoms with Crippen LogP contribution in [0.1, 0.15) is 252 Å². The first-order valence-electron chi connectivity index (χ1n) is 25.1. The van der Waals surface area contributed by atoms with E-state index >= 15 is 0 Å². The minimum Gasteiger partial charge on any atom is -0.462 e. The molecule has 0 heterocycles. The van der Waals surface area contributed by atoms with Crippen molar-refractivity contribution in [2.24, 2.45) is 0 Å². The predicted octanol–water partition coefficient (Wildman–Crippen LogP) is 16.3. The van der Waals surface area contributed by atoms with Gasteiger partial charge in [-0.15, -0.1) is 0 Å². The minimum atomic E-state index is -0.785. The van der Waals surface area contributed by atoms with Crippen LogP contribution in [0.5, 0.6) is 0 Å². The van der Waals surface area contributed by atoms with E-state index in [1.54, 1.807) is 0 Å². The van der Waals surface area contributed by atoms with Crippen LogP contribution in [0, 0.1) is 0 Å². The number of carbonyl (C=O) groups is 3. The molecule has 0 aliphatic carbocycles. The third-order valence-corrected chi connectivity index (χ3v) is 10.8. The zero-order chi connectivity index (χ0) is 43.0. The third kappa shape index (κ3) is 46.3. The van der Waals surface area contributed by atoms with Gasteiger partial charge in [0.25, 0.3) is 0 Å². The van der Waals surface area contributed by atoms with Gasteiger partial charge in [0.1, 0.15) is 13.2 Å². The molecule has 0 saturated carbocycles. The Morgan fingerprint density at radius 2 is 0.661 bits per heavy atom. The molecule has 0 amide bonds. The van der Waals surface area contributed by atoms with Crippen molar-refractivity contribution in [3.63, 3.8) is 0 Å². The first-order valence-corrected chi connectivity index (χ1v) is 25.1. The van der Waals surface area contributed by atoms with E-state index in [0.29, 0.717) is 19.3 Å². The van der Waals surface area contributed by atoms with Crippen LogP contribution in [-0.2, 0) is 28.6 Å². The summed E-state index contributed by atoms with van der Waals surface area (Å²) in [7, 11) is 0. The van der Waals surface area contributed by atoms with Gasteiger partial charge in [-0.2, -0.15) is 0 Å². The molecule has 342 valence electrons. The molecule has 6 nitrogen and oxygen atoms in total. The number of unbranched alkanes of at least 4 members (excludes halogenated alkanes) is 26. The molecular weight excluding hydrogens is 733 g/mol. The highest BCUT2D eigenvalue weighted by molar-refractivity contribution is 5.71. The fourth-order valence-electron chi connectivity index (χ4n) is 7.04. The Kier molecular flexibility index (Phi) is 45.9. The summed E-state index contributed by atoms with van der Waals surface area (Å²) in [6.07, 6.45) is 56.7. The van der Waals surface area contributed by atoms with Crippen LogP contribution in [0.15, 0.2) is 48.6 Å². The Balaban J connectivity index is 4.35. The number of hydrogen-bond donors (Lipinski definition) is 0. The highest BCUT2D eigenvalue weighted by Crippen LogP contribution is 2.14. The smallest absolute Gasteiger partial charge is 0.306 e. The van der Waals surface area contributed by atoms with E-state index in [1.807, 2.05) is 0 Å². The SMILES string of the molecule is CC/C=C\C/C=C\C/C=C\CCCCCC(=O)OC(COC(=O)CCCCCCCCC/C=C\CCCCCCCCC)COC(=O)CCCCCCCCCCCC. The average molecular weight is 827 g/mol. The van der Waals surface area contributed by atoms with Crippen molar-refractivity contribution in [2.75, 3.05) is 13.2 Å². The molecule has 0 N–H and O–H groups in total. The number of carbonyl (C=O) groups excluding carboxylic acids is 3. The van der Waals surface area contributed by atoms with Gasteiger partial charge in [0, 0.05) is 19.3 Å². The molecule has 0 bridgehead atoms. The number of esters is 3. The molecule has 0 aromatic rings. The normalized spacial score (nSPS) is 12.4. The zero-order valence-electron chi connectivity index (χ0n) is 39.0. The molecule has 6 heteroatoms. The van der Waals surface area contributed by atoms with Gasteiger partial charge in [-0.25, -0.2) is 0 Å². The number of ether oxygens (including phenoxy) is 3. The molecule has 0 radical (unpaired) electrons. The van der Waals surface area contributed by atoms with E-state index in [9.17, 15) is 14.4 Å². The first-order chi connectivity index (χ1) is 29.0. The molecule has 0 saturated heterocycles. The summed E-state index contributed by atoms with van der Waals surface area (Å²) in [5, 5.41) is 0. The molecular formula is C53H94O6. The summed E-state index contributed by atoms with van der Waals surface area (Å²) in [4.78, 5) is 37.8. The summed E-state index contributed by atoms with van der Waals surface area (Å²) in [6.45, 7) is 6.49. The van der Waals surface area contributed by atoms with Gasteiger partial charge in [-0.1, -0.05) is 204 Å². The third-order valence-electron chi connectivity index (χ3n) is 10.8. The molecule has 0 rings (SSSR count). The summed E-state index contributed by atoms with van der Waals surface area (Å²) < 4.78 is 16.7. The molecule has 0 fully saturated rings. The Labute approximate surface area is 365 Å². The summed E-state index contributed by atoms with van der Waals surface area (Å²) in [6, 6.07) is 0. The van der Waals surface area contributed by atoms with E-state index in [1.165, 1.54) is 128 Å². The largest absolute Gasteiger partial charge is 0.462 e. The van der Waals surface area contributed by atoms with Gasteiger partial charge in [0.05, 0.1) is 0 Å². The summed E-state index contributed by atoms with van der Waals surface area (Å²) in [5.74, 6) is -0.916. The van der Waals surface area contributed by atoms with Crippen molar-refractivity contribution in [3.8, 4) is 0 Å². The van der Waals surface area contributed by atoms with Crippen LogP contribution in [0.3, 0.4) is 0 Å². The van der Waals surface area contributed by atoms with Crippen LogP contribution >= 0.6 is 0 Å². The number of allylic oxidation sites excluding steroid dienone is 8. The summed E-state index contributed by atoms with van der Waals surface area (Å²) in [5.41, 5.74) is 0. The van der Waals surface area contributed by atoms with Gasteiger partial charge in [-0.3, -0.25) is 14.4 Å². The van der Waals surface area contributed by atoms with Gasteiger partial charge in [-0.05, 0) is 77.0 Å². The molecule has 0 aliphatic rings. The predicted molar refractivity (Wildman–Crippen MR) is 252 cm³/mol. The molecule has 59 heavy (non-hydrogen) atoms. The maximum Gasteiger partial charge on any atom is 0.306 e. The maximum atomic E-state index is 12.7. The highest BCUT2D eigenvalue weighted by atomic mass is 16.6. The monoisotopic (exact) mass is 827 g/mol. The van der Waals surface area contributed by atoms with Crippen LogP contribution < -0.4 is 0 Å². The standard InChI is InChI=1S/C53H94O6/c1-4-7-10-13-16-19-22-24-25-26-27-28-30-31-34-37-40-43-46-52(55)58-49-50(48-57-51(54)45-42-39-36-33-21-18-15-12-9-6-3)59-53(56)47-44-41-38-35-32-29-23-20-17-14-11-8-5-2/h8,11,17,20,25-26,29,32,50H,4-7,9-10,12-16,18-19,21-24,27-28,30-31,33-49H2,1-3H3/b11-8-,20-17-,26-25-,32-29-. The van der Waals surface area contributed by atoms with Crippen LogP contribution in [0.25, 0.3) is 0 Å². The van der Waals surface area contributed by atoms with Crippen LogP contribution in [0.2, 0.25) is 0 Å². The fraction of sp³-hybridized carbons (Fsp3) is 0.792. The first kappa shape index (κ1) is 56.4. The Hall–Kier alpha value is -2.63. The molecule has 0 aromatic carbocycles. The zero-order valence-corrected chi connectivity index (χ0v) is 39.0. The van der Waals surface area contributed by atoms with Crippen molar-refractivity contribution in [1.29, 1.82) is 0 Å². The highest BCUT2D eigenvalue weighted by Gasteiger charge is 2.19. The van der Waals surface area contributed by atoms with Crippen molar-refractivity contribution < 1.29 is 28.6 Å². The van der Waals surface area contributed by atoms with Crippen molar-refractivity contribution >= 4 is 17.9 Å². The lowest BCUT2D eigenvalue weighted by atomic mass is 10.1. The second-order valence-electron chi connectivity index (χ2n) is 16.7. The molecule has 0 aliphatic heterocycles. The lowest BCUT2D eigenvalue weighted by Gasteiger charge is -2.18. The van der Waals surface area contributed by atoms with E-state index in [2.05, 4.69) is 69.4 Å². The minimum absolute atomic E-state index is 0.0846. The molecule has 1 atom stereocenters. The van der Waals surface area contributed by atoms with Gasteiger partial charge in [0.15, 0.2) is 6.10 Å². The Morgan fingerprint density at radius 3 is 1.07 bits per heavy atom. The molecule has 0 aromatic heterocycles. The van der Waals surface area contributed by atoms with E-state index < -0.39 is 6.10 Å². The Bertz CT molecular complexity index is 1040. The maximum absolute atomic E-state index is 12.7. The lowest BCUT2D eigenvalue weighted by molar-refractivity contribution is -0.167. The van der Waals surface area contributed by atoms with Crippen molar-refractivity contribution in [3.05, 3.63) is 48.6 Å². The quantitative estimate of drug-likeness (QED) is 0.0263. The van der Waals surface area contributed by atoms with Gasteiger partial charge >= 0.3 is 17.9 Å².